The highest BCUT2D eigenvalue weighted by Gasteiger charge is 2.36. The summed E-state index contributed by atoms with van der Waals surface area (Å²) in [6, 6.07) is 4.42. The Balaban J connectivity index is 2.42. The molecule has 1 unspecified atom stereocenters. The lowest BCUT2D eigenvalue weighted by Gasteiger charge is -2.41. The fourth-order valence-corrected chi connectivity index (χ4v) is 4.17. The van der Waals surface area contributed by atoms with Gasteiger partial charge in [-0.1, -0.05) is 42.1 Å². The Bertz CT molecular complexity index is 484. The number of rotatable bonds is 5. The molecule has 0 spiro atoms. The maximum absolute atomic E-state index is 5.47. The number of halogens is 1. The molecule has 1 aliphatic carbocycles. The first-order chi connectivity index (χ1) is 10.1. The van der Waals surface area contributed by atoms with E-state index in [9.17, 15) is 0 Å². The van der Waals surface area contributed by atoms with Gasteiger partial charge in [0.05, 0.1) is 14.2 Å². The van der Waals surface area contributed by atoms with Crippen LogP contribution in [0.3, 0.4) is 0 Å². The predicted molar refractivity (Wildman–Crippen MR) is 90.2 cm³/mol. The molecule has 1 aromatic rings. The zero-order valence-electron chi connectivity index (χ0n) is 13.5. The van der Waals surface area contributed by atoms with Crippen molar-refractivity contribution in [1.82, 2.24) is 5.32 Å². The quantitative estimate of drug-likeness (QED) is 0.830. The minimum atomic E-state index is 0.287. The second kappa shape index (κ2) is 7.01. The van der Waals surface area contributed by atoms with Crippen molar-refractivity contribution in [2.75, 3.05) is 21.3 Å². The van der Waals surface area contributed by atoms with Gasteiger partial charge < -0.3 is 14.8 Å². The third kappa shape index (κ3) is 3.37. The molecule has 3 nitrogen and oxygen atoms in total. The monoisotopic (exact) mass is 355 g/mol. The molecule has 1 aliphatic rings. The van der Waals surface area contributed by atoms with Crippen LogP contribution >= 0.6 is 15.9 Å². The summed E-state index contributed by atoms with van der Waals surface area (Å²) in [6.07, 6.45) is 6.52. The first-order valence-corrected chi connectivity index (χ1v) is 8.43. The van der Waals surface area contributed by atoms with E-state index in [4.69, 9.17) is 9.47 Å². The Morgan fingerprint density at radius 1 is 1.10 bits per heavy atom. The molecule has 0 heterocycles. The van der Waals surface area contributed by atoms with E-state index >= 15 is 0 Å². The molecule has 1 aromatic carbocycles. The molecular formula is C17H26BrNO2. The van der Waals surface area contributed by atoms with Gasteiger partial charge in [0.2, 0.25) is 0 Å². The molecule has 4 heteroatoms. The summed E-state index contributed by atoms with van der Waals surface area (Å²) >= 11 is 3.71. The topological polar surface area (TPSA) is 30.5 Å². The molecule has 1 fully saturated rings. The predicted octanol–water partition coefficient (Wildman–Crippen LogP) is 4.70. The molecule has 1 saturated carbocycles. The third-order valence-electron chi connectivity index (χ3n) is 4.80. The van der Waals surface area contributed by atoms with E-state index in [1.54, 1.807) is 14.2 Å². The van der Waals surface area contributed by atoms with Crippen molar-refractivity contribution in [1.29, 1.82) is 0 Å². The first-order valence-electron chi connectivity index (χ1n) is 7.64. The molecular weight excluding hydrogens is 330 g/mol. The van der Waals surface area contributed by atoms with Crippen LogP contribution in [0.2, 0.25) is 0 Å². The van der Waals surface area contributed by atoms with Crippen molar-refractivity contribution in [2.45, 2.75) is 45.1 Å². The highest BCUT2D eigenvalue weighted by molar-refractivity contribution is 9.10. The fourth-order valence-electron chi connectivity index (χ4n) is 3.62. The Morgan fingerprint density at radius 2 is 1.67 bits per heavy atom. The Morgan fingerprint density at radius 3 is 2.19 bits per heavy atom. The smallest absolute Gasteiger partial charge is 0.161 e. The van der Waals surface area contributed by atoms with Gasteiger partial charge in [-0.3, -0.25) is 0 Å². The van der Waals surface area contributed by atoms with Crippen LogP contribution in [-0.4, -0.2) is 21.3 Å². The van der Waals surface area contributed by atoms with E-state index in [1.807, 2.05) is 13.1 Å². The number of nitrogens with one attached hydrogen (secondary N) is 1. The average molecular weight is 356 g/mol. The van der Waals surface area contributed by atoms with E-state index in [0.717, 1.165) is 16.0 Å². The van der Waals surface area contributed by atoms with E-state index < -0.39 is 0 Å². The molecule has 2 rings (SSSR count). The van der Waals surface area contributed by atoms with Crippen LogP contribution in [0, 0.1) is 5.41 Å². The lowest BCUT2D eigenvalue weighted by Crippen LogP contribution is -2.36. The largest absolute Gasteiger partial charge is 0.493 e. The molecule has 21 heavy (non-hydrogen) atoms. The van der Waals surface area contributed by atoms with E-state index in [1.165, 1.54) is 37.7 Å². The van der Waals surface area contributed by atoms with Gasteiger partial charge in [-0.25, -0.2) is 0 Å². The Hall–Kier alpha value is -0.740. The summed E-state index contributed by atoms with van der Waals surface area (Å²) in [5.74, 6) is 1.55. The summed E-state index contributed by atoms with van der Waals surface area (Å²) in [7, 11) is 5.40. The molecule has 1 N–H and O–H groups in total. The summed E-state index contributed by atoms with van der Waals surface area (Å²) < 4.78 is 11.9. The first kappa shape index (κ1) is 16.6. The minimum absolute atomic E-state index is 0.287. The Kier molecular flexibility index (Phi) is 5.55. The van der Waals surface area contributed by atoms with Gasteiger partial charge in [0.1, 0.15) is 0 Å². The van der Waals surface area contributed by atoms with Gasteiger partial charge in [0.25, 0.3) is 0 Å². The second-order valence-electron chi connectivity index (χ2n) is 6.17. The Labute approximate surface area is 136 Å². The second-order valence-corrected chi connectivity index (χ2v) is 7.02. The summed E-state index contributed by atoms with van der Waals surface area (Å²) in [5, 5.41) is 3.53. The van der Waals surface area contributed by atoms with Crippen molar-refractivity contribution < 1.29 is 9.47 Å². The standard InChI is InChI=1S/C17H26BrNO2/c1-17(8-6-5-7-9-17)16(19-2)12-10-14(20-3)15(21-4)11-13(12)18/h10-11,16,19H,5-9H2,1-4H3. The molecule has 1 atom stereocenters. The maximum atomic E-state index is 5.47. The lowest BCUT2D eigenvalue weighted by molar-refractivity contribution is 0.149. The van der Waals surface area contributed by atoms with Crippen LogP contribution in [0.5, 0.6) is 11.5 Å². The van der Waals surface area contributed by atoms with Crippen molar-refractivity contribution in [3.8, 4) is 11.5 Å². The van der Waals surface area contributed by atoms with E-state index in [2.05, 4.69) is 34.2 Å². The van der Waals surface area contributed by atoms with Crippen LogP contribution in [0.4, 0.5) is 0 Å². The summed E-state index contributed by atoms with van der Waals surface area (Å²) in [4.78, 5) is 0. The summed E-state index contributed by atoms with van der Waals surface area (Å²) in [6.45, 7) is 2.40. The summed E-state index contributed by atoms with van der Waals surface area (Å²) in [5.41, 5.74) is 1.54. The van der Waals surface area contributed by atoms with Gasteiger partial charge in [-0.05, 0) is 43.0 Å². The van der Waals surface area contributed by atoms with E-state index in [0.29, 0.717) is 6.04 Å². The van der Waals surface area contributed by atoms with Gasteiger partial charge in [0.15, 0.2) is 11.5 Å². The van der Waals surface area contributed by atoms with Crippen LogP contribution in [0.25, 0.3) is 0 Å². The lowest BCUT2D eigenvalue weighted by atomic mass is 9.68. The molecule has 0 bridgehead atoms. The zero-order chi connectivity index (χ0) is 15.5. The van der Waals surface area contributed by atoms with Gasteiger partial charge in [-0.15, -0.1) is 0 Å². The van der Waals surface area contributed by atoms with Crippen LogP contribution in [0.1, 0.15) is 50.6 Å². The van der Waals surface area contributed by atoms with Crippen LogP contribution in [0.15, 0.2) is 16.6 Å². The SMILES string of the molecule is CNC(c1cc(OC)c(OC)cc1Br)C1(C)CCCCC1. The normalized spacial score (nSPS) is 19.1. The minimum Gasteiger partial charge on any atom is -0.493 e. The van der Waals surface area contributed by atoms with Crippen molar-refractivity contribution in [3.05, 3.63) is 22.2 Å². The highest BCUT2D eigenvalue weighted by Crippen LogP contribution is 2.48. The van der Waals surface area contributed by atoms with Crippen molar-refractivity contribution >= 4 is 15.9 Å². The zero-order valence-corrected chi connectivity index (χ0v) is 15.0. The maximum Gasteiger partial charge on any atom is 0.161 e. The van der Waals surface area contributed by atoms with Crippen LogP contribution < -0.4 is 14.8 Å². The van der Waals surface area contributed by atoms with E-state index in [-0.39, 0.29) is 5.41 Å². The van der Waals surface area contributed by atoms with Gasteiger partial charge >= 0.3 is 0 Å². The average Bonchev–Trinajstić information content (AvgIpc) is 2.49. The molecule has 0 amide bonds. The molecule has 0 aromatic heterocycles. The highest BCUT2D eigenvalue weighted by atomic mass is 79.9. The van der Waals surface area contributed by atoms with Gasteiger partial charge in [-0.2, -0.15) is 0 Å². The van der Waals surface area contributed by atoms with Crippen LogP contribution in [-0.2, 0) is 0 Å². The van der Waals surface area contributed by atoms with Crippen molar-refractivity contribution in [3.63, 3.8) is 0 Å². The molecule has 0 saturated heterocycles. The number of ether oxygens (including phenoxy) is 2. The fraction of sp³-hybridized carbons (Fsp3) is 0.647. The molecule has 0 radical (unpaired) electrons. The molecule has 118 valence electrons. The van der Waals surface area contributed by atoms with Gasteiger partial charge in [0, 0.05) is 10.5 Å². The third-order valence-corrected chi connectivity index (χ3v) is 5.48. The van der Waals surface area contributed by atoms with Crippen molar-refractivity contribution in [2.24, 2.45) is 5.41 Å². The number of benzene rings is 1. The number of hydrogen-bond acceptors (Lipinski definition) is 3. The molecule has 0 aliphatic heterocycles. The number of methoxy groups -OCH3 is 2. The number of hydrogen-bond donors (Lipinski definition) is 1.